The molecule has 0 aliphatic carbocycles. The van der Waals surface area contributed by atoms with Crippen LogP contribution in [0.2, 0.25) is 0 Å². The Morgan fingerprint density at radius 1 is 1.50 bits per heavy atom. The van der Waals surface area contributed by atoms with Gasteiger partial charge in [-0.2, -0.15) is 0 Å². The van der Waals surface area contributed by atoms with Gasteiger partial charge in [0.05, 0.1) is 6.10 Å². The maximum absolute atomic E-state index is 11.4. The molecule has 2 unspecified atom stereocenters. The number of hydrogen-bond acceptors (Lipinski definition) is 4. The first-order valence-corrected chi connectivity index (χ1v) is 4.94. The Kier molecular flexibility index (Phi) is 5.08. The van der Waals surface area contributed by atoms with E-state index < -0.39 is 23.7 Å². The lowest BCUT2D eigenvalue weighted by Crippen LogP contribution is -2.45. The first kappa shape index (κ1) is 13.4. The van der Waals surface area contributed by atoms with Crippen LogP contribution in [0.5, 0.6) is 0 Å². The van der Waals surface area contributed by atoms with Crippen LogP contribution in [-0.2, 0) is 9.53 Å². The zero-order valence-corrected chi connectivity index (χ0v) is 9.41. The Labute approximate surface area is 85.4 Å². The van der Waals surface area contributed by atoms with E-state index in [-0.39, 0.29) is 0 Å². The quantitative estimate of drug-likeness (QED) is 0.663. The Morgan fingerprint density at radius 3 is 2.36 bits per heavy atom. The lowest BCUT2D eigenvalue weighted by atomic mass is 10.1. The standard InChI is InChI=1S/C10H21NO3/c1-5-6-7(12)8(11)9(13)14-10(2,3)4/h7-8,12H,5-6,11H2,1-4H3. The van der Waals surface area contributed by atoms with E-state index in [0.29, 0.717) is 6.42 Å². The second-order valence-electron chi connectivity index (χ2n) is 4.42. The van der Waals surface area contributed by atoms with Crippen molar-refractivity contribution in [3.8, 4) is 0 Å². The molecule has 0 rings (SSSR count). The van der Waals surface area contributed by atoms with Gasteiger partial charge in [-0.15, -0.1) is 0 Å². The minimum atomic E-state index is -0.936. The molecule has 0 aromatic carbocycles. The number of carbonyl (C=O) groups excluding carboxylic acids is 1. The average molecular weight is 203 g/mol. The van der Waals surface area contributed by atoms with Gasteiger partial charge in [-0.1, -0.05) is 13.3 Å². The molecule has 0 aliphatic rings. The molecule has 84 valence electrons. The van der Waals surface area contributed by atoms with Gasteiger partial charge < -0.3 is 15.6 Å². The third-order valence-electron chi connectivity index (χ3n) is 1.68. The molecule has 0 bridgehead atoms. The highest BCUT2D eigenvalue weighted by atomic mass is 16.6. The minimum absolute atomic E-state index is 0.514. The summed E-state index contributed by atoms with van der Waals surface area (Å²) >= 11 is 0. The van der Waals surface area contributed by atoms with Crippen molar-refractivity contribution in [3.05, 3.63) is 0 Å². The molecule has 2 atom stereocenters. The molecule has 3 N–H and O–H groups in total. The van der Waals surface area contributed by atoms with Crippen molar-refractivity contribution >= 4 is 5.97 Å². The van der Waals surface area contributed by atoms with E-state index in [1.54, 1.807) is 20.8 Å². The molecule has 0 saturated carbocycles. The molecule has 4 heteroatoms. The van der Waals surface area contributed by atoms with Gasteiger partial charge in [0.25, 0.3) is 0 Å². The van der Waals surface area contributed by atoms with Crippen molar-refractivity contribution < 1.29 is 14.6 Å². The molecule has 0 aromatic rings. The second-order valence-corrected chi connectivity index (χ2v) is 4.42. The van der Waals surface area contributed by atoms with Crippen LogP contribution < -0.4 is 5.73 Å². The number of carbonyl (C=O) groups is 1. The lowest BCUT2D eigenvalue weighted by molar-refractivity contribution is -0.159. The number of aliphatic hydroxyl groups is 1. The van der Waals surface area contributed by atoms with Crippen LogP contribution in [0, 0.1) is 0 Å². The highest BCUT2D eigenvalue weighted by molar-refractivity contribution is 5.76. The summed E-state index contributed by atoms with van der Waals surface area (Å²) in [4.78, 5) is 11.4. The van der Waals surface area contributed by atoms with Crippen molar-refractivity contribution in [2.24, 2.45) is 5.73 Å². The van der Waals surface area contributed by atoms with Crippen molar-refractivity contribution in [1.82, 2.24) is 0 Å². The van der Waals surface area contributed by atoms with E-state index in [0.717, 1.165) is 6.42 Å². The zero-order valence-electron chi connectivity index (χ0n) is 9.41. The first-order valence-electron chi connectivity index (χ1n) is 4.94. The van der Waals surface area contributed by atoms with Crippen molar-refractivity contribution in [1.29, 1.82) is 0 Å². The van der Waals surface area contributed by atoms with Crippen LogP contribution in [0.4, 0.5) is 0 Å². The van der Waals surface area contributed by atoms with Crippen LogP contribution in [0.1, 0.15) is 40.5 Å². The minimum Gasteiger partial charge on any atom is -0.459 e. The number of nitrogens with two attached hydrogens (primary N) is 1. The highest BCUT2D eigenvalue weighted by Gasteiger charge is 2.27. The molecule has 0 aliphatic heterocycles. The third kappa shape index (κ3) is 5.19. The number of rotatable bonds is 4. The van der Waals surface area contributed by atoms with E-state index in [1.807, 2.05) is 6.92 Å². The summed E-state index contributed by atoms with van der Waals surface area (Å²) in [5.41, 5.74) is 4.97. The van der Waals surface area contributed by atoms with E-state index in [9.17, 15) is 9.90 Å². The largest absolute Gasteiger partial charge is 0.459 e. The van der Waals surface area contributed by atoms with Gasteiger partial charge in [0.15, 0.2) is 0 Å². The van der Waals surface area contributed by atoms with Crippen molar-refractivity contribution in [3.63, 3.8) is 0 Å². The number of ether oxygens (including phenoxy) is 1. The number of aliphatic hydroxyl groups excluding tert-OH is 1. The molecule has 0 radical (unpaired) electrons. The van der Waals surface area contributed by atoms with E-state index in [1.165, 1.54) is 0 Å². The van der Waals surface area contributed by atoms with Crippen LogP contribution in [-0.4, -0.2) is 28.8 Å². The Hall–Kier alpha value is -0.610. The number of esters is 1. The summed E-state index contributed by atoms with van der Waals surface area (Å²) in [5, 5.41) is 9.46. The normalized spacial score (nSPS) is 16.1. The summed E-state index contributed by atoms with van der Waals surface area (Å²) in [6.45, 7) is 7.22. The summed E-state index contributed by atoms with van der Waals surface area (Å²) in [7, 11) is 0. The van der Waals surface area contributed by atoms with Gasteiger partial charge in [0, 0.05) is 0 Å². The monoisotopic (exact) mass is 203 g/mol. The zero-order chi connectivity index (χ0) is 11.4. The van der Waals surface area contributed by atoms with Crippen LogP contribution in [0.15, 0.2) is 0 Å². The molecule has 4 nitrogen and oxygen atoms in total. The molecule has 0 spiro atoms. The molecule has 0 heterocycles. The smallest absolute Gasteiger partial charge is 0.326 e. The molecule has 0 fully saturated rings. The van der Waals surface area contributed by atoms with Gasteiger partial charge in [0.1, 0.15) is 11.6 Å². The topological polar surface area (TPSA) is 72.5 Å². The first-order chi connectivity index (χ1) is 6.28. The van der Waals surface area contributed by atoms with E-state index in [4.69, 9.17) is 10.5 Å². The second kappa shape index (κ2) is 5.32. The van der Waals surface area contributed by atoms with Crippen LogP contribution >= 0.6 is 0 Å². The molecule has 0 amide bonds. The van der Waals surface area contributed by atoms with E-state index >= 15 is 0 Å². The maximum Gasteiger partial charge on any atom is 0.326 e. The fourth-order valence-corrected chi connectivity index (χ4v) is 1.00. The Balaban J connectivity index is 4.12. The Morgan fingerprint density at radius 2 is 2.00 bits per heavy atom. The summed E-state index contributed by atoms with van der Waals surface area (Å²) in [6, 6.07) is -0.936. The SMILES string of the molecule is CCCC(O)C(N)C(=O)OC(C)(C)C. The van der Waals surface area contributed by atoms with Gasteiger partial charge in [-0.3, -0.25) is 4.79 Å². The third-order valence-corrected chi connectivity index (χ3v) is 1.68. The summed E-state index contributed by atoms with van der Waals surface area (Å²) in [5.74, 6) is -0.543. The summed E-state index contributed by atoms with van der Waals surface area (Å²) < 4.78 is 5.04. The van der Waals surface area contributed by atoms with E-state index in [2.05, 4.69) is 0 Å². The molecular weight excluding hydrogens is 182 g/mol. The fourth-order valence-electron chi connectivity index (χ4n) is 1.00. The fraction of sp³-hybridized carbons (Fsp3) is 0.900. The molecular formula is C10H21NO3. The summed E-state index contributed by atoms with van der Waals surface area (Å²) in [6.07, 6.45) is 0.493. The maximum atomic E-state index is 11.4. The molecule has 14 heavy (non-hydrogen) atoms. The predicted molar refractivity (Wildman–Crippen MR) is 54.7 cm³/mol. The van der Waals surface area contributed by atoms with Crippen LogP contribution in [0.25, 0.3) is 0 Å². The highest BCUT2D eigenvalue weighted by Crippen LogP contribution is 2.10. The van der Waals surface area contributed by atoms with Crippen molar-refractivity contribution in [2.45, 2.75) is 58.3 Å². The van der Waals surface area contributed by atoms with Gasteiger partial charge >= 0.3 is 5.97 Å². The average Bonchev–Trinajstić information content (AvgIpc) is 2.00. The lowest BCUT2D eigenvalue weighted by Gasteiger charge is -2.24. The molecule has 0 saturated heterocycles. The predicted octanol–water partition coefficient (Wildman–Crippen LogP) is 0.816. The van der Waals surface area contributed by atoms with Gasteiger partial charge in [0.2, 0.25) is 0 Å². The van der Waals surface area contributed by atoms with Crippen molar-refractivity contribution in [2.75, 3.05) is 0 Å². The number of hydrogen-bond donors (Lipinski definition) is 2. The molecule has 0 aromatic heterocycles. The van der Waals surface area contributed by atoms with Crippen LogP contribution in [0.3, 0.4) is 0 Å². The Bertz CT molecular complexity index is 186. The van der Waals surface area contributed by atoms with Gasteiger partial charge in [-0.05, 0) is 27.2 Å². The van der Waals surface area contributed by atoms with Gasteiger partial charge in [-0.25, -0.2) is 0 Å².